The minimum Gasteiger partial charge on any atom is -0.494 e. The van der Waals surface area contributed by atoms with Crippen molar-refractivity contribution in [1.82, 2.24) is 10.2 Å². The number of carbonyl (C=O) groups is 3. The number of benzene rings is 1. The quantitative estimate of drug-likeness (QED) is 0.453. The van der Waals surface area contributed by atoms with Crippen molar-refractivity contribution in [2.75, 3.05) is 26.3 Å². The second kappa shape index (κ2) is 12.1. The lowest BCUT2D eigenvalue weighted by atomic mass is 10.1. The van der Waals surface area contributed by atoms with E-state index in [2.05, 4.69) is 19.2 Å². The van der Waals surface area contributed by atoms with Gasteiger partial charge in [0, 0.05) is 18.7 Å². The fourth-order valence-corrected chi connectivity index (χ4v) is 3.13. The number of ether oxygens (including phenoxy) is 2. The van der Waals surface area contributed by atoms with E-state index in [1.54, 1.807) is 24.3 Å². The molecule has 7 heteroatoms. The third-order valence-electron chi connectivity index (χ3n) is 4.81. The van der Waals surface area contributed by atoms with E-state index in [0.717, 1.165) is 32.1 Å². The first-order valence-electron chi connectivity index (χ1n) is 10.5. The molecule has 0 bridgehead atoms. The molecule has 29 heavy (non-hydrogen) atoms. The number of rotatable bonds is 11. The van der Waals surface area contributed by atoms with Crippen molar-refractivity contribution in [3.05, 3.63) is 29.8 Å². The van der Waals surface area contributed by atoms with Crippen LogP contribution in [0, 0.1) is 0 Å². The number of amides is 2. The summed E-state index contributed by atoms with van der Waals surface area (Å²) in [4.78, 5) is 39.0. The van der Waals surface area contributed by atoms with Gasteiger partial charge < -0.3 is 19.7 Å². The molecule has 1 atom stereocenters. The highest BCUT2D eigenvalue weighted by Crippen LogP contribution is 2.19. The van der Waals surface area contributed by atoms with Crippen LogP contribution in [-0.4, -0.2) is 55.0 Å². The van der Waals surface area contributed by atoms with Crippen molar-refractivity contribution < 1.29 is 23.9 Å². The molecule has 0 spiro atoms. The summed E-state index contributed by atoms with van der Waals surface area (Å²) in [7, 11) is 0. The van der Waals surface area contributed by atoms with Gasteiger partial charge in [0.1, 0.15) is 11.8 Å². The zero-order valence-corrected chi connectivity index (χ0v) is 17.4. The Labute approximate surface area is 172 Å². The molecule has 1 aromatic rings. The first kappa shape index (κ1) is 22.7. The van der Waals surface area contributed by atoms with Crippen LogP contribution in [0.4, 0.5) is 0 Å². The molecular formula is C22H32N2O5. The number of nitrogens with zero attached hydrogens (tertiary/aromatic N) is 1. The minimum absolute atomic E-state index is 0.142. The van der Waals surface area contributed by atoms with E-state index in [-0.39, 0.29) is 18.2 Å². The van der Waals surface area contributed by atoms with Gasteiger partial charge in [0.05, 0.1) is 19.6 Å². The summed E-state index contributed by atoms with van der Waals surface area (Å²) in [6.45, 7) is 5.79. The van der Waals surface area contributed by atoms with Crippen LogP contribution in [0.25, 0.3) is 0 Å². The second-order valence-corrected chi connectivity index (χ2v) is 7.17. The van der Waals surface area contributed by atoms with Crippen molar-refractivity contribution in [2.24, 2.45) is 0 Å². The lowest BCUT2D eigenvalue weighted by Gasteiger charge is -2.34. The molecule has 0 radical (unpaired) electrons. The number of hydrogen-bond acceptors (Lipinski definition) is 5. The maximum atomic E-state index is 13.1. The van der Waals surface area contributed by atoms with Crippen molar-refractivity contribution in [2.45, 2.75) is 58.4 Å². The predicted molar refractivity (Wildman–Crippen MR) is 110 cm³/mol. The lowest BCUT2D eigenvalue weighted by Crippen LogP contribution is -2.57. The van der Waals surface area contributed by atoms with E-state index >= 15 is 0 Å². The van der Waals surface area contributed by atoms with Gasteiger partial charge in [-0.25, -0.2) is 0 Å². The first-order chi connectivity index (χ1) is 14.1. The van der Waals surface area contributed by atoms with Crippen LogP contribution in [0.2, 0.25) is 0 Å². The minimum atomic E-state index is -0.861. The Kier molecular flexibility index (Phi) is 9.47. The highest BCUT2D eigenvalue weighted by molar-refractivity contribution is 5.99. The van der Waals surface area contributed by atoms with Gasteiger partial charge in [-0.05, 0) is 31.0 Å². The molecule has 1 unspecified atom stereocenters. The van der Waals surface area contributed by atoms with Gasteiger partial charge in [-0.2, -0.15) is 0 Å². The molecule has 1 aromatic carbocycles. The maximum absolute atomic E-state index is 13.1. The molecule has 160 valence electrons. The average Bonchev–Trinajstić information content (AvgIpc) is 2.72. The van der Waals surface area contributed by atoms with Gasteiger partial charge in [-0.1, -0.05) is 39.2 Å². The molecule has 2 amide bonds. The number of unbranched alkanes of at least 4 members (excludes halogenated alkanes) is 3. The molecule has 1 saturated heterocycles. The monoisotopic (exact) mass is 404 g/mol. The second-order valence-electron chi connectivity index (χ2n) is 7.17. The number of hydrogen-bond donors (Lipinski definition) is 1. The summed E-state index contributed by atoms with van der Waals surface area (Å²) in [5.41, 5.74) is 0.440. The Morgan fingerprint density at radius 3 is 2.69 bits per heavy atom. The van der Waals surface area contributed by atoms with Crippen LogP contribution >= 0.6 is 0 Å². The number of piperazine rings is 1. The number of carbonyl (C=O) groups excluding carboxylic acids is 3. The zero-order valence-electron chi connectivity index (χ0n) is 17.4. The molecular weight excluding hydrogens is 372 g/mol. The van der Waals surface area contributed by atoms with E-state index in [9.17, 15) is 14.4 Å². The summed E-state index contributed by atoms with van der Waals surface area (Å²) in [6, 6.07) is 6.09. The highest BCUT2D eigenvalue weighted by atomic mass is 16.5. The summed E-state index contributed by atoms with van der Waals surface area (Å²) < 4.78 is 10.9. The number of nitrogens with one attached hydrogen (secondary N) is 1. The van der Waals surface area contributed by atoms with Crippen LogP contribution in [0.5, 0.6) is 5.75 Å². The molecule has 1 fully saturated rings. The number of esters is 1. The van der Waals surface area contributed by atoms with E-state index in [1.807, 2.05) is 0 Å². The van der Waals surface area contributed by atoms with Gasteiger partial charge in [-0.15, -0.1) is 0 Å². The third kappa shape index (κ3) is 7.07. The van der Waals surface area contributed by atoms with Crippen LogP contribution in [0.15, 0.2) is 24.3 Å². The van der Waals surface area contributed by atoms with Gasteiger partial charge in [-0.3, -0.25) is 14.4 Å². The Morgan fingerprint density at radius 2 is 1.93 bits per heavy atom. The van der Waals surface area contributed by atoms with Gasteiger partial charge in [0.15, 0.2) is 0 Å². The van der Waals surface area contributed by atoms with Crippen molar-refractivity contribution >= 4 is 17.8 Å². The highest BCUT2D eigenvalue weighted by Gasteiger charge is 2.35. The molecule has 0 aromatic heterocycles. The van der Waals surface area contributed by atoms with Gasteiger partial charge >= 0.3 is 5.97 Å². The molecule has 1 aliphatic heterocycles. The molecule has 0 aliphatic carbocycles. The Bertz CT molecular complexity index is 692. The van der Waals surface area contributed by atoms with E-state index < -0.39 is 12.0 Å². The molecule has 7 nitrogen and oxygen atoms in total. The van der Waals surface area contributed by atoms with Gasteiger partial charge in [0.2, 0.25) is 5.91 Å². The van der Waals surface area contributed by atoms with Crippen molar-refractivity contribution in [3.63, 3.8) is 0 Å². The van der Waals surface area contributed by atoms with Crippen LogP contribution in [0.1, 0.15) is 62.7 Å². The fraction of sp³-hybridized carbons (Fsp3) is 0.591. The van der Waals surface area contributed by atoms with Crippen LogP contribution in [-0.2, 0) is 14.3 Å². The molecule has 0 saturated carbocycles. The normalized spacial score (nSPS) is 16.3. The average molecular weight is 405 g/mol. The Balaban J connectivity index is 2.03. The standard InChI is InChI=1S/C22H32N2O5/c1-3-5-7-14-29-20(25)16-19-21(26)23-11-12-24(19)22(27)17-9-8-10-18(15-17)28-13-6-4-2/h8-10,15,19H,3-7,11-14,16H2,1-2H3,(H,23,26). The lowest BCUT2D eigenvalue weighted by molar-refractivity contribution is -0.147. The van der Waals surface area contributed by atoms with E-state index in [4.69, 9.17) is 9.47 Å². The van der Waals surface area contributed by atoms with E-state index in [1.165, 1.54) is 4.90 Å². The molecule has 1 N–H and O–H groups in total. The van der Waals surface area contributed by atoms with Crippen molar-refractivity contribution in [1.29, 1.82) is 0 Å². The van der Waals surface area contributed by atoms with E-state index in [0.29, 0.717) is 37.6 Å². The SMILES string of the molecule is CCCCCOC(=O)CC1C(=O)NCCN1C(=O)c1cccc(OCCCC)c1. The van der Waals surface area contributed by atoms with Crippen LogP contribution in [0.3, 0.4) is 0 Å². The largest absolute Gasteiger partial charge is 0.494 e. The Hall–Kier alpha value is -2.57. The summed E-state index contributed by atoms with van der Waals surface area (Å²) >= 11 is 0. The molecule has 2 rings (SSSR count). The summed E-state index contributed by atoms with van der Waals surface area (Å²) in [6.07, 6.45) is 4.64. The maximum Gasteiger partial charge on any atom is 0.308 e. The third-order valence-corrected chi connectivity index (χ3v) is 4.81. The summed E-state index contributed by atoms with van der Waals surface area (Å²) in [5.74, 6) is -0.453. The zero-order chi connectivity index (χ0) is 21.1. The smallest absolute Gasteiger partial charge is 0.308 e. The predicted octanol–water partition coefficient (Wildman–Crippen LogP) is 2.93. The Morgan fingerprint density at radius 1 is 1.14 bits per heavy atom. The molecule has 1 heterocycles. The topological polar surface area (TPSA) is 84.9 Å². The molecule has 1 aliphatic rings. The first-order valence-corrected chi connectivity index (χ1v) is 10.5. The van der Waals surface area contributed by atoms with Crippen molar-refractivity contribution in [3.8, 4) is 5.75 Å². The van der Waals surface area contributed by atoms with Gasteiger partial charge in [0.25, 0.3) is 5.91 Å². The fourth-order valence-electron chi connectivity index (χ4n) is 3.13. The summed E-state index contributed by atoms with van der Waals surface area (Å²) in [5, 5.41) is 2.73. The van der Waals surface area contributed by atoms with Crippen LogP contribution < -0.4 is 10.1 Å².